The quantitative estimate of drug-likeness (QED) is 0.0192. The Bertz CT molecular complexity index is 6050. The molecule has 40 nitrogen and oxygen atoms in total. The van der Waals surface area contributed by atoms with Gasteiger partial charge in [-0.1, -0.05) is 138 Å². The summed E-state index contributed by atoms with van der Waals surface area (Å²) in [4.78, 5) is 247. The number of nitrogens with one attached hydrogen (secondary N) is 6. The Hall–Kier alpha value is -15.1. The second-order valence-electron chi connectivity index (χ2n) is 33.0. The molecule has 0 aliphatic carbocycles. The van der Waals surface area contributed by atoms with Gasteiger partial charge in [0, 0.05) is 58.2 Å². The molecule has 6 aliphatic heterocycles. The maximum absolute atomic E-state index is 13.8. The van der Waals surface area contributed by atoms with Crippen LogP contribution in [0.4, 0.5) is 0 Å². The third-order valence-corrected chi connectivity index (χ3v) is 24.2. The van der Waals surface area contributed by atoms with Crippen molar-refractivity contribution in [2.45, 2.75) is 196 Å². The number of aromatic nitrogens is 3. The highest BCUT2D eigenvalue weighted by atomic mass is 35.5. The Labute approximate surface area is 785 Å². The highest BCUT2D eigenvalue weighted by molar-refractivity contribution is 6.39. The monoisotopic (exact) mass is 1910 g/mol. The number of hydrazine groups is 3. The molecule has 15 rings (SSSR count). The lowest BCUT2D eigenvalue weighted by atomic mass is 10.0. The average Bonchev–Trinajstić information content (AvgIpc) is 1.51. The average molecular weight is 1910 g/mol. The van der Waals surface area contributed by atoms with Crippen LogP contribution in [0.3, 0.4) is 0 Å². The van der Waals surface area contributed by atoms with Gasteiger partial charge in [0.1, 0.15) is 65.6 Å². The van der Waals surface area contributed by atoms with E-state index in [0.29, 0.717) is 55.4 Å². The van der Waals surface area contributed by atoms with Crippen LogP contribution in [0.2, 0.25) is 10.0 Å². The molecule has 42 heteroatoms. The molecule has 3 aromatic heterocycles. The first-order valence-electron chi connectivity index (χ1n) is 44.1. The number of methoxy groups -OCH3 is 1. The zero-order valence-electron chi connectivity index (χ0n) is 73.7. The summed E-state index contributed by atoms with van der Waals surface area (Å²) >= 11 is 12.5. The molecule has 0 unspecified atom stereocenters. The number of oxazole rings is 3. The molecule has 6 fully saturated rings. The number of aliphatic carboxylic acids is 3. The van der Waals surface area contributed by atoms with Crippen LogP contribution in [0.15, 0.2) is 165 Å². The fourth-order valence-corrected chi connectivity index (χ4v) is 17.3. The predicted octanol–water partition coefficient (Wildman–Crippen LogP) is 6.99. The minimum absolute atomic E-state index is 0.0164. The number of benzene rings is 6. The molecule has 6 saturated heterocycles. The highest BCUT2D eigenvalue weighted by Gasteiger charge is 2.50. The molecule has 712 valence electrons. The molecular weight excluding hydrogens is 1810 g/mol. The van der Waals surface area contributed by atoms with E-state index >= 15 is 0 Å². The summed E-state index contributed by atoms with van der Waals surface area (Å²) in [6, 6.07) is 31.2. The van der Waals surface area contributed by atoms with Gasteiger partial charge in [-0.25, -0.2) is 30.0 Å². The molecule has 6 aromatic carbocycles. The van der Waals surface area contributed by atoms with Crippen LogP contribution in [-0.2, 0) is 91.2 Å². The minimum Gasteiger partial charge on any atom is -0.494 e. The number of carbonyl (C=O) groups is 18. The van der Waals surface area contributed by atoms with Crippen LogP contribution in [0.5, 0.6) is 5.75 Å². The number of amides is 12. The van der Waals surface area contributed by atoms with Crippen LogP contribution in [0.25, 0.3) is 33.5 Å². The Morgan fingerprint density at radius 2 is 0.809 bits per heavy atom. The number of Topliss-reactive ketones (excluding diaryl/α,β-unsaturated/α-hetero) is 3. The number of rotatable bonds is 32. The second kappa shape index (κ2) is 45.1. The van der Waals surface area contributed by atoms with Crippen molar-refractivity contribution in [2.24, 2.45) is 0 Å². The van der Waals surface area contributed by atoms with Crippen molar-refractivity contribution in [1.82, 2.24) is 76.9 Å². The van der Waals surface area contributed by atoms with E-state index < -0.39 is 162 Å². The van der Waals surface area contributed by atoms with Crippen molar-refractivity contribution in [2.75, 3.05) is 26.7 Å². The number of aryl methyl sites for hydroxylation is 4. The van der Waals surface area contributed by atoms with Gasteiger partial charge in [-0.15, -0.1) is 0 Å². The number of hydrogen-bond donors (Lipinski definition) is 9. The van der Waals surface area contributed by atoms with E-state index in [9.17, 15) is 102 Å². The van der Waals surface area contributed by atoms with Crippen LogP contribution in [0, 0.1) is 6.92 Å². The predicted molar refractivity (Wildman–Crippen MR) is 479 cm³/mol. The number of ketones is 3. The van der Waals surface area contributed by atoms with E-state index in [-0.39, 0.29) is 165 Å². The molecule has 12 amide bonds. The summed E-state index contributed by atoms with van der Waals surface area (Å²) in [6.45, 7) is 2.32. The van der Waals surface area contributed by atoms with E-state index in [4.69, 9.17) is 41.2 Å². The zero-order chi connectivity index (χ0) is 97.1. The number of carboxylic acids is 3. The molecule has 136 heavy (non-hydrogen) atoms. The highest BCUT2D eigenvalue weighted by Crippen LogP contribution is 2.37. The fraction of sp³-hybridized carbons (Fsp3) is 0.372. The summed E-state index contributed by atoms with van der Waals surface area (Å²) in [5.74, 6) is -14.4. The molecule has 9 aromatic rings. The van der Waals surface area contributed by atoms with E-state index in [1.165, 1.54) is 28.3 Å². The maximum atomic E-state index is 13.8. The Morgan fingerprint density at radius 1 is 0.441 bits per heavy atom. The van der Waals surface area contributed by atoms with Gasteiger partial charge in [0.15, 0.2) is 22.4 Å². The molecule has 6 aliphatic rings. The molecule has 0 radical (unpaired) electrons. The van der Waals surface area contributed by atoms with Gasteiger partial charge in [0.25, 0.3) is 35.4 Å². The first kappa shape index (κ1) is 98.4. The smallest absolute Gasteiger partial charge is 0.305 e. The second-order valence-corrected chi connectivity index (χ2v) is 33.8. The SMILES string of the molecule is COc1cccc2oc(C(=O)[C@H](CC(=O)O)NC(=O)[C@@H]3CCCN4C(=O)CC[C@H](NC(=O)CCc5ccccc5)C(=O)N34)nc12.Cc1cccc2nc(C(=O)[C@H](CC(=O)O)NC(=O)[C@@H]3CCCN4C(=O)CC[C@H](NC(=O)CCc5ccccc5)C(=O)N34)oc12.O=C(O)C[C@H](NC(=O)[C@@H]1CCCN2C(=O)CC[C@H](NC(=O)CCc3ccccc3)C(=O)N12)C(=O)c1ncc(-c2c(Cl)cccc2Cl)o1. The number of fused-ring (bicyclic) bond motifs is 5. The third kappa shape index (κ3) is 24.1. The molecular formula is C94H97Cl2N15O25. The zero-order valence-corrected chi connectivity index (χ0v) is 75.2. The minimum atomic E-state index is -1.63. The Balaban J connectivity index is 0.000000173. The molecule has 0 spiro atoms. The molecule has 9 atom stereocenters. The fourth-order valence-electron chi connectivity index (χ4n) is 16.8. The van der Waals surface area contributed by atoms with Crippen molar-refractivity contribution in [3.8, 4) is 17.1 Å². The number of ether oxygens (including phenoxy) is 1. The number of nitrogens with zero attached hydrogens (tertiary/aromatic N) is 9. The molecule has 9 heterocycles. The number of para-hydroxylation sites is 2. The number of carbonyl (C=O) groups excluding carboxylic acids is 15. The largest absolute Gasteiger partial charge is 0.494 e. The van der Waals surface area contributed by atoms with Crippen molar-refractivity contribution in [3.63, 3.8) is 0 Å². The summed E-state index contributed by atoms with van der Waals surface area (Å²) in [6.07, 6.45) is 2.20. The Kier molecular flexibility index (Phi) is 32.6. The topological polar surface area (TPSA) is 547 Å². The van der Waals surface area contributed by atoms with Gasteiger partial charge in [-0.3, -0.25) is 101 Å². The molecule has 0 bridgehead atoms. The molecule has 9 N–H and O–H groups in total. The lowest BCUT2D eigenvalue weighted by Crippen LogP contribution is -2.64. The standard InChI is InChI=1S/C32H31Cl2N5O8.C31H33N5O9.C31H33N5O8/c33-19-8-4-9-20(34)28(19)24-17-35-31(47-24)29(44)22(16-27(42)43)37-30(45)23-10-5-15-38-26(41)14-12-21(32(46)39(23)38)36-25(40)13-11-18-6-2-1-3-7-18;1-44-22-10-5-11-23-27(22)34-30(45-23)28(41)20(17-26(39)40)33-29(42)21-9-6-16-35-25(38)15-13-19(31(43)36(21)35)32-24(37)14-12-18-7-3-2-4-8-18;1-18-7-5-10-20-28(18)44-30(34-20)27(41)22(17-26(39)40)33-29(42)23-11-6-16-35-25(38)15-13-21(31(43)36(23)35)32-24(37)14-12-19-8-3-2-4-9-19/h1-4,6-9,17,21-23H,5,10-16H2,(H,36,40)(H,37,45)(H,42,43);2-5,7-8,10-11,19-21H,6,9,12-17H2,1H3,(H,32,37)(H,33,42)(H,39,40);2-5,7-10,21-23H,6,11-17H2,1H3,(H,32,37)(H,33,42)(H,39,40)/t21-,22-,23-;19-,20-,21-;21-,22-,23-/m000/s1. The summed E-state index contributed by atoms with van der Waals surface area (Å²) in [5.41, 5.74) is 5.10. The maximum Gasteiger partial charge on any atom is 0.305 e. The van der Waals surface area contributed by atoms with E-state index in [1.807, 2.05) is 91.0 Å². The summed E-state index contributed by atoms with van der Waals surface area (Å²) < 4.78 is 22.0. The summed E-state index contributed by atoms with van der Waals surface area (Å²) in [5, 5.41) is 51.3. The molecule has 0 saturated carbocycles. The Morgan fingerprint density at radius 3 is 1.18 bits per heavy atom. The van der Waals surface area contributed by atoms with Gasteiger partial charge in [0.2, 0.25) is 70.5 Å². The lowest BCUT2D eigenvalue weighted by Gasteiger charge is -2.43. The van der Waals surface area contributed by atoms with Gasteiger partial charge in [0.05, 0.1) is 48.2 Å². The van der Waals surface area contributed by atoms with Gasteiger partial charge in [-0.2, -0.15) is 0 Å². The first-order chi connectivity index (χ1) is 65.3. The van der Waals surface area contributed by atoms with E-state index in [2.05, 4.69) is 46.9 Å². The van der Waals surface area contributed by atoms with Crippen LogP contribution in [0.1, 0.15) is 170 Å². The van der Waals surface area contributed by atoms with Crippen molar-refractivity contribution in [3.05, 3.63) is 202 Å². The van der Waals surface area contributed by atoms with Crippen molar-refractivity contribution >= 4 is 152 Å². The number of halogens is 2. The summed E-state index contributed by atoms with van der Waals surface area (Å²) in [7, 11) is 1.42. The first-order valence-corrected chi connectivity index (χ1v) is 44.9. The van der Waals surface area contributed by atoms with Gasteiger partial charge in [-0.05, 0) is 137 Å². The van der Waals surface area contributed by atoms with Crippen LogP contribution < -0.4 is 36.6 Å². The van der Waals surface area contributed by atoms with Crippen LogP contribution >= 0.6 is 23.2 Å². The van der Waals surface area contributed by atoms with Gasteiger partial charge >= 0.3 is 17.9 Å². The van der Waals surface area contributed by atoms with Gasteiger partial charge < -0.3 is 65.2 Å². The lowest BCUT2D eigenvalue weighted by molar-refractivity contribution is -0.176. The van der Waals surface area contributed by atoms with Crippen LogP contribution in [-0.4, -0.2) is 248 Å². The normalized spacial score (nSPS) is 18.9. The van der Waals surface area contributed by atoms with Crippen molar-refractivity contribution < 1.29 is 120 Å². The van der Waals surface area contributed by atoms with E-state index in [1.54, 1.807) is 61.5 Å². The van der Waals surface area contributed by atoms with E-state index in [0.717, 1.165) is 37.3 Å². The number of hydrogen-bond acceptors (Lipinski definition) is 25. The van der Waals surface area contributed by atoms with Crippen molar-refractivity contribution in [1.29, 1.82) is 0 Å². The number of carboxylic acid groups (broad SMARTS) is 3. The third-order valence-electron chi connectivity index (χ3n) is 23.5.